The van der Waals surface area contributed by atoms with Crippen LogP contribution in [0, 0.1) is 0 Å². The standard InChI is InChI=1S/C27H27F3N2O2/c28-27(29,30)23-8-4-3-6-21(23)13-16-31-24(33)11-14-26(15-12-25(34)32-26)18-19-9-10-20-5-1-2-7-22(20)17-19/h1-10,17H,11-16,18H2,(H,31,33)(H,32,34)/t26-/m0/s1. The third-order valence-electron chi connectivity index (χ3n) is 6.46. The number of hydrogen-bond donors (Lipinski definition) is 2. The fraction of sp³-hybridized carbons (Fsp3) is 0.333. The molecule has 0 saturated carbocycles. The first-order chi connectivity index (χ1) is 16.2. The molecule has 1 aliphatic rings. The summed E-state index contributed by atoms with van der Waals surface area (Å²) < 4.78 is 39.4. The lowest BCUT2D eigenvalue weighted by molar-refractivity contribution is -0.138. The molecule has 0 unspecified atom stereocenters. The highest BCUT2D eigenvalue weighted by Gasteiger charge is 2.38. The number of benzene rings is 3. The summed E-state index contributed by atoms with van der Waals surface area (Å²) in [6.45, 7) is 0.121. The van der Waals surface area contributed by atoms with Gasteiger partial charge in [0.25, 0.3) is 0 Å². The quantitative estimate of drug-likeness (QED) is 0.478. The van der Waals surface area contributed by atoms with E-state index in [9.17, 15) is 22.8 Å². The first-order valence-corrected chi connectivity index (χ1v) is 11.4. The van der Waals surface area contributed by atoms with Gasteiger partial charge in [0.1, 0.15) is 0 Å². The Labute approximate surface area is 196 Å². The van der Waals surface area contributed by atoms with Crippen LogP contribution in [0.3, 0.4) is 0 Å². The van der Waals surface area contributed by atoms with Crippen molar-refractivity contribution in [1.82, 2.24) is 10.6 Å². The highest BCUT2D eigenvalue weighted by Crippen LogP contribution is 2.32. The minimum Gasteiger partial charge on any atom is -0.356 e. The predicted molar refractivity (Wildman–Crippen MR) is 125 cm³/mol. The second-order valence-corrected chi connectivity index (χ2v) is 8.94. The van der Waals surface area contributed by atoms with Gasteiger partial charge >= 0.3 is 6.18 Å². The van der Waals surface area contributed by atoms with Crippen LogP contribution >= 0.6 is 0 Å². The van der Waals surface area contributed by atoms with Gasteiger partial charge in [-0.15, -0.1) is 0 Å². The number of alkyl halides is 3. The molecular weight excluding hydrogens is 441 g/mol. The zero-order chi connectivity index (χ0) is 24.2. The summed E-state index contributed by atoms with van der Waals surface area (Å²) in [7, 11) is 0. The summed E-state index contributed by atoms with van der Waals surface area (Å²) in [5.74, 6) is -0.256. The van der Waals surface area contributed by atoms with Crippen molar-refractivity contribution in [3.8, 4) is 0 Å². The molecule has 1 aliphatic heterocycles. The molecule has 34 heavy (non-hydrogen) atoms. The van der Waals surface area contributed by atoms with E-state index in [0.29, 0.717) is 25.7 Å². The average molecular weight is 469 g/mol. The Balaban J connectivity index is 1.35. The van der Waals surface area contributed by atoms with Gasteiger partial charge in [-0.05, 0) is 53.6 Å². The van der Waals surface area contributed by atoms with Gasteiger partial charge in [0.15, 0.2) is 0 Å². The predicted octanol–water partition coefficient (Wildman–Crippen LogP) is 5.19. The molecule has 4 rings (SSSR count). The molecule has 2 amide bonds. The zero-order valence-electron chi connectivity index (χ0n) is 18.8. The van der Waals surface area contributed by atoms with Crippen molar-refractivity contribution in [2.45, 2.75) is 50.2 Å². The van der Waals surface area contributed by atoms with Crippen molar-refractivity contribution in [3.63, 3.8) is 0 Å². The lowest BCUT2D eigenvalue weighted by atomic mass is 9.84. The maximum absolute atomic E-state index is 13.1. The van der Waals surface area contributed by atoms with E-state index < -0.39 is 17.3 Å². The van der Waals surface area contributed by atoms with Crippen molar-refractivity contribution in [3.05, 3.63) is 83.4 Å². The third-order valence-corrected chi connectivity index (χ3v) is 6.46. The summed E-state index contributed by atoms with van der Waals surface area (Å²) in [5, 5.41) is 8.08. The average Bonchev–Trinajstić information content (AvgIpc) is 3.18. The van der Waals surface area contributed by atoms with E-state index in [1.807, 2.05) is 30.3 Å². The third kappa shape index (κ3) is 5.76. The summed E-state index contributed by atoms with van der Waals surface area (Å²) in [4.78, 5) is 24.5. The first kappa shape index (κ1) is 23.8. The summed E-state index contributed by atoms with van der Waals surface area (Å²) in [6.07, 6.45) is -1.98. The van der Waals surface area contributed by atoms with E-state index in [4.69, 9.17) is 0 Å². The van der Waals surface area contributed by atoms with Crippen LogP contribution in [0.2, 0.25) is 0 Å². The zero-order valence-corrected chi connectivity index (χ0v) is 18.8. The minimum atomic E-state index is -4.42. The van der Waals surface area contributed by atoms with E-state index in [0.717, 1.165) is 22.4 Å². The van der Waals surface area contributed by atoms with Gasteiger partial charge in [-0.2, -0.15) is 13.2 Å². The monoisotopic (exact) mass is 468 g/mol. The molecule has 3 aromatic carbocycles. The molecule has 0 aliphatic carbocycles. The Bertz CT molecular complexity index is 1190. The molecular formula is C27H27F3N2O2. The first-order valence-electron chi connectivity index (χ1n) is 11.4. The molecule has 7 heteroatoms. The van der Waals surface area contributed by atoms with Crippen molar-refractivity contribution in [2.75, 3.05) is 6.54 Å². The minimum absolute atomic E-state index is 0.0232. The molecule has 0 spiro atoms. The van der Waals surface area contributed by atoms with Gasteiger partial charge in [0.2, 0.25) is 11.8 Å². The van der Waals surface area contributed by atoms with Crippen LogP contribution in [0.1, 0.15) is 42.4 Å². The summed E-state index contributed by atoms with van der Waals surface area (Å²) in [6, 6.07) is 19.7. The number of carbonyl (C=O) groups is 2. The van der Waals surface area contributed by atoms with Crippen LogP contribution in [-0.2, 0) is 28.6 Å². The van der Waals surface area contributed by atoms with Crippen molar-refractivity contribution < 1.29 is 22.8 Å². The summed E-state index contributed by atoms with van der Waals surface area (Å²) in [5.41, 5.74) is 0.0724. The van der Waals surface area contributed by atoms with Crippen LogP contribution in [0.5, 0.6) is 0 Å². The second kappa shape index (κ2) is 9.87. The van der Waals surface area contributed by atoms with E-state index in [2.05, 4.69) is 22.8 Å². The molecule has 2 N–H and O–H groups in total. The Morgan fingerprint density at radius 3 is 2.47 bits per heavy atom. The molecule has 0 radical (unpaired) electrons. The van der Waals surface area contributed by atoms with Gasteiger partial charge in [-0.1, -0.05) is 60.7 Å². The molecule has 1 saturated heterocycles. The maximum Gasteiger partial charge on any atom is 0.416 e. The lowest BCUT2D eigenvalue weighted by Gasteiger charge is -2.29. The fourth-order valence-corrected chi connectivity index (χ4v) is 4.71. The fourth-order valence-electron chi connectivity index (χ4n) is 4.71. The molecule has 178 valence electrons. The normalized spacial score (nSPS) is 18.1. The lowest BCUT2D eigenvalue weighted by Crippen LogP contribution is -2.44. The van der Waals surface area contributed by atoms with Crippen molar-refractivity contribution in [2.24, 2.45) is 0 Å². The molecule has 1 heterocycles. The van der Waals surface area contributed by atoms with Gasteiger partial charge in [-0.3, -0.25) is 9.59 Å². The number of carbonyl (C=O) groups excluding carboxylic acids is 2. The van der Waals surface area contributed by atoms with Crippen molar-refractivity contribution >= 4 is 22.6 Å². The molecule has 3 aromatic rings. The van der Waals surface area contributed by atoms with Gasteiger partial charge < -0.3 is 10.6 Å². The van der Waals surface area contributed by atoms with E-state index >= 15 is 0 Å². The number of rotatable bonds is 8. The smallest absolute Gasteiger partial charge is 0.356 e. The molecule has 1 atom stereocenters. The molecule has 4 nitrogen and oxygen atoms in total. The molecule has 0 aromatic heterocycles. The molecule has 0 bridgehead atoms. The Morgan fingerprint density at radius 1 is 1.00 bits per heavy atom. The maximum atomic E-state index is 13.1. The number of amides is 2. The second-order valence-electron chi connectivity index (χ2n) is 8.94. The van der Waals surface area contributed by atoms with Crippen LogP contribution in [0.15, 0.2) is 66.7 Å². The topological polar surface area (TPSA) is 58.2 Å². The van der Waals surface area contributed by atoms with Gasteiger partial charge in [-0.25, -0.2) is 0 Å². The largest absolute Gasteiger partial charge is 0.416 e. The summed E-state index contributed by atoms with van der Waals surface area (Å²) >= 11 is 0. The Hall–Kier alpha value is -3.35. The van der Waals surface area contributed by atoms with Gasteiger partial charge in [0.05, 0.1) is 5.56 Å². The van der Waals surface area contributed by atoms with Crippen LogP contribution < -0.4 is 10.6 Å². The number of hydrogen-bond acceptors (Lipinski definition) is 2. The Morgan fingerprint density at radius 2 is 1.74 bits per heavy atom. The number of nitrogens with one attached hydrogen (secondary N) is 2. The molecule has 1 fully saturated rings. The van der Waals surface area contributed by atoms with Crippen LogP contribution in [-0.4, -0.2) is 23.9 Å². The van der Waals surface area contributed by atoms with Crippen molar-refractivity contribution in [1.29, 1.82) is 0 Å². The van der Waals surface area contributed by atoms with Crippen LogP contribution in [0.25, 0.3) is 10.8 Å². The highest BCUT2D eigenvalue weighted by atomic mass is 19.4. The SMILES string of the molecule is O=C(CC[C@@]1(Cc2ccc3ccccc3c2)CCC(=O)N1)NCCc1ccccc1C(F)(F)F. The van der Waals surface area contributed by atoms with Crippen LogP contribution in [0.4, 0.5) is 13.2 Å². The van der Waals surface area contributed by atoms with E-state index in [1.165, 1.54) is 12.1 Å². The van der Waals surface area contributed by atoms with E-state index in [1.54, 1.807) is 6.07 Å². The Kier molecular flexibility index (Phi) is 6.91. The highest BCUT2D eigenvalue weighted by molar-refractivity contribution is 5.83. The van der Waals surface area contributed by atoms with Gasteiger partial charge in [0, 0.05) is 24.9 Å². The number of halogens is 3. The number of fused-ring (bicyclic) bond motifs is 1. The van der Waals surface area contributed by atoms with E-state index in [-0.39, 0.29) is 36.8 Å².